The number of rotatable bonds is 4. The first kappa shape index (κ1) is 18.3. The lowest BCUT2D eigenvalue weighted by molar-refractivity contribution is 0.0522. The first-order chi connectivity index (χ1) is 10.9. The molecule has 8 heteroatoms. The molecule has 0 unspecified atom stereocenters. The van der Waals surface area contributed by atoms with E-state index in [0.717, 1.165) is 4.88 Å². The zero-order valence-electron chi connectivity index (χ0n) is 11.8. The SMILES string of the molecule is CCOC(=O)c1c(O)c(Br)c(O)c(Br)c1C=Cc1ccc(Cl)s1. The minimum absolute atomic E-state index is 0.0174. The molecular formula is C15H11Br2ClO4S. The summed E-state index contributed by atoms with van der Waals surface area (Å²) < 4.78 is 5.90. The molecule has 0 amide bonds. The van der Waals surface area contributed by atoms with E-state index in [1.165, 1.54) is 11.3 Å². The Hall–Kier alpha value is -1.02. The molecule has 0 atom stereocenters. The minimum atomic E-state index is -0.685. The van der Waals surface area contributed by atoms with E-state index in [9.17, 15) is 15.0 Å². The molecule has 2 N–H and O–H groups in total. The van der Waals surface area contributed by atoms with Gasteiger partial charge in [0.1, 0.15) is 21.5 Å². The van der Waals surface area contributed by atoms with Gasteiger partial charge in [-0.2, -0.15) is 0 Å². The zero-order valence-corrected chi connectivity index (χ0v) is 16.5. The molecule has 0 aliphatic heterocycles. The summed E-state index contributed by atoms with van der Waals surface area (Å²) in [5, 5.41) is 20.2. The predicted molar refractivity (Wildman–Crippen MR) is 99.4 cm³/mol. The molecule has 0 aliphatic rings. The third-order valence-electron chi connectivity index (χ3n) is 2.85. The maximum absolute atomic E-state index is 12.2. The van der Waals surface area contributed by atoms with E-state index in [-0.39, 0.29) is 32.6 Å². The Labute approximate surface area is 158 Å². The molecule has 1 heterocycles. The van der Waals surface area contributed by atoms with Gasteiger partial charge in [0.15, 0.2) is 0 Å². The Kier molecular flexibility index (Phi) is 6.13. The number of thiophene rings is 1. The van der Waals surface area contributed by atoms with Crippen molar-refractivity contribution in [1.82, 2.24) is 0 Å². The summed E-state index contributed by atoms with van der Waals surface area (Å²) in [6.07, 6.45) is 3.33. The molecule has 4 nitrogen and oxygen atoms in total. The van der Waals surface area contributed by atoms with Crippen molar-refractivity contribution in [3.8, 4) is 11.5 Å². The van der Waals surface area contributed by atoms with Crippen LogP contribution in [0.1, 0.15) is 27.7 Å². The number of hydrogen-bond donors (Lipinski definition) is 2. The van der Waals surface area contributed by atoms with Crippen molar-refractivity contribution in [2.75, 3.05) is 6.61 Å². The van der Waals surface area contributed by atoms with Gasteiger partial charge in [0, 0.05) is 10.4 Å². The Morgan fingerprint density at radius 1 is 1.26 bits per heavy atom. The average Bonchev–Trinajstić information content (AvgIpc) is 2.93. The highest BCUT2D eigenvalue weighted by Gasteiger charge is 2.25. The maximum atomic E-state index is 12.2. The van der Waals surface area contributed by atoms with Crippen LogP contribution in [0.5, 0.6) is 11.5 Å². The number of benzene rings is 1. The fourth-order valence-corrected chi connectivity index (χ4v) is 3.99. The molecule has 1 aromatic carbocycles. The third kappa shape index (κ3) is 3.91. The predicted octanol–water partition coefficient (Wildman–Crippen LogP) is 5.68. The van der Waals surface area contributed by atoms with Crippen LogP contribution < -0.4 is 0 Å². The van der Waals surface area contributed by atoms with E-state index < -0.39 is 5.97 Å². The van der Waals surface area contributed by atoms with Crippen LogP contribution in [-0.4, -0.2) is 22.8 Å². The van der Waals surface area contributed by atoms with Gasteiger partial charge >= 0.3 is 5.97 Å². The van der Waals surface area contributed by atoms with Gasteiger partial charge in [0.2, 0.25) is 0 Å². The maximum Gasteiger partial charge on any atom is 0.342 e. The second-order valence-corrected chi connectivity index (χ2v) is 7.64. The largest absolute Gasteiger partial charge is 0.506 e. The summed E-state index contributed by atoms with van der Waals surface area (Å²) in [5.74, 6) is -1.28. The van der Waals surface area contributed by atoms with Crippen LogP contribution in [0.2, 0.25) is 4.34 Å². The van der Waals surface area contributed by atoms with Gasteiger partial charge in [-0.05, 0) is 57.0 Å². The highest BCUT2D eigenvalue weighted by atomic mass is 79.9. The smallest absolute Gasteiger partial charge is 0.342 e. The van der Waals surface area contributed by atoms with Crippen molar-refractivity contribution in [3.05, 3.63) is 41.4 Å². The van der Waals surface area contributed by atoms with E-state index in [2.05, 4.69) is 31.9 Å². The van der Waals surface area contributed by atoms with Crippen molar-refractivity contribution in [1.29, 1.82) is 0 Å². The molecule has 0 radical (unpaired) electrons. The normalized spacial score (nSPS) is 11.1. The topological polar surface area (TPSA) is 66.8 Å². The van der Waals surface area contributed by atoms with Crippen LogP contribution in [0.4, 0.5) is 0 Å². The number of hydrogen-bond acceptors (Lipinski definition) is 5. The van der Waals surface area contributed by atoms with Crippen LogP contribution in [0.25, 0.3) is 12.2 Å². The van der Waals surface area contributed by atoms with Gasteiger partial charge in [-0.3, -0.25) is 0 Å². The number of carbonyl (C=O) groups excluding carboxylic acids is 1. The van der Waals surface area contributed by atoms with Gasteiger partial charge in [-0.25, -0.2) is 4.79 Å². The molecule has 122 valence electrons. The molecule has 1 aromatic heterocycles. The second-order valence-electron chi connectivity index (χ2n) is 4.31. The number of carbonyl (C=O) groups is 1. The van der Waals surface area contributed by atoms with E-state index in [0.29, 0.717) is 9.90 Å². The Bertz CT molecular complexity index is 786. The van der Waals surface area contributed by atoms with Crippen molar-refractivity contribution < 1.29 is 19.7 Å². The van der Waals surface area contributed by atoms with E-state index in [1.807, 2.05) is 6.07 Å². The molecule has 0 saturated carbocycles. The second kappa shape index (κ2) is 7.70. The van der Waals surface area contributed by atoms with Gasteiger partial charge in [-0.1, -0.05) is 17.7 Å². The number of phenols is 2. The Balaban J connectivity index is 2.60. The van der Waals surface area contributed by atoms with Crippen molar-refractivity contribution >= 4 is 72.9 Å². The fraction of sp³-hybridized carbons (Fsp3) is 0.133. The summed E-state index contributed by atoms with van der Waals surface area (Å²) in [5.41, 5.74) is 0.272. The fourth-order valence-electron chi connectivity index (χ4n) is 1.83. The first-order valence-corrected chi connectivity index (χ1v) is 9.18. The summed E-state index contributed by atoms with van der Waals surface area (Å²) in [6, 6.07) is 3.57. The van der Waals surface area contributed by atoms with Gasteiger partial charge in [0.05, 0.1) is 15.4 Å². The summed E-state index contributed by atoms with van der Waals surface area (Å²) in [6.45, 7) is 1.83. The van der Waals surface area contributed by atoms with Gasteiger partial charge in [-0.15, -0.1) is 11.3 Å². The Morgan fingerprint density at radius 2 is 1.96 bits per heavy atom. The van der Waals surface area contributed by atoms with E-state index in [4.69, 9.17) is 16.3 Å². The van der Waals surface area contributed by atoms with Crippen molar-refractivity contribution in [2.45, 2.75) is 6.92 Å². The molecule has 23 heavy (non-hydrogen) atoms. The molecule has 0 fully saturated rings. The van der Waals surface area contributed by atoms with E-state index in [1.54, 1.807) is 25.1 Å². The lowest BCUT2D eigenvalue weighted by Crippen LogP contribution is -2.08. The first-order valence-electron chi connectivity index (χ1n) is 6.40. The molecule has 2 aromatic rings. The van der Waals surface area contributed by atoms with Crippen molar-refractivity contribution in [2.24, 2.45) is 0 Å². The number of esters is 1. The van der Waals surface area contributed by atoms with Gasteiger partial charge in [0.25, 0.3) is 0 Å². The van der Waals surface area contributed by atoms with Crippen LogP contribution in [0.3, 0.4) is 0 Å². The molecular weight excluding hydrogens is 471 g/mol. The van der Waals surface area contributed by atoms with E-state index >= 15 is 0 Å². The lowest BCUT2D eigenvalue weighted by Gasteiger charge is -2.13. The van der Waals surface area contributed by atoms with Crippen LogP contribution in [0, 0.1) is 0 Å². The quantitative estimate of drug-likeness (QED) is 0.550. The molecule has 0 spiro atoms. The monoisotopic (exact) mass is 480 g/mol. The molecule has 0 saturated heterocycles. The van der Waals surface area contributed by atoms with Gasteiger partial charge < -0.3 is 14.9 Å². The number of phenolic OH excluding ortho intramolecular Hbond substituents is 2. The lowest BCUT2D eigenvalue weighted by atomic mass is 10.0. The molecule has 2 rings (SSSR count). The molecule has 0 bridgehead atoms. The number of halogens is 3. The zero-order chi connectivity index (χ0) is 17.1. The van der Waals surface area contributed by atoms with Crippen LogP contribution in [0.15, 0.2) is 21.1 Å². The van der Waals surface area contributed by atoms with Crippen LogP contribution in [-0.2, 0) is 4.74 Å². The minimum Gasteiger partial charge on any atom is -0.506 e. The van der Waals surface area contributed by atoms with Crippen molar-refractivity contribution in [3.63, 3.8) is 0 Å². The summed E-state index contributed by atoms with van der Waals surface area (Å²) >= 11 is 13.5. The van der Waals surface area contributed by atoms with Crippen LogP contribution >= 0.6 is 54.8 Å². The third-order valence-corrected chi connectivity index (χ3v) is 5.60. The highest BCUT2D eigenvalue weighted by molar-refractivity contribution is 9.11. The number of ether oxygens (including phenoxy) is 1. The standard InChI is InChI=1S/C15H11Br2ClO4S/c1-2-22-15(21)10-8(5-3-7-4-6-9(18)23-7)11(16)14(20)12(17)13(10)19/h3-6,19-20H,2H2,1H3. The summed E-state index contributed by atoms with van der Waals surface area (Å²) in [7, 11) is 0. The highest BCUT2D eigenvalue weighted by Crippen LogP contribution is 2.45. The summed E-state index contributed by atoms with van der Waals surface area (Å²) in [4.78, 5) is 13.0. The average molecular weight is 483 g/mol. The molecule has 0 aliphatic carbocycles. The number of aromatic hydroxyl groups is 2. The Morgan fingerprint density at radius 3 is 2.52 bits per heavy atom.